The number of anilines is 1. The lowest BCUT2D eigenvalue weighted by atomic mass is 10.3. The van der Waals surface area contributed by atoms with Crippen molar-refractivity contribution in [2.75, 3.05) is 11.9 Å². The summed E-state index contributed by atoms with van der Waals surface area (Å²) in [5.74, 6) is 0.633. The maximum atomic E-state index is 11.6. The van der Waals surface area contributed by atoms with Gasteiger partial charge in [0, 0.05) is 12.6 Å². The Bertz CT molecular complexity index is 530. The molecule has 2 aromatic rings. The molecule has 0 bridgehead atoms. The normalized spacial score (nSPS) is 10.2. The number of nitrogens with zero attached hydrogens (tertiary/aromatic N) is 3. The fraction of sp³-hybridized carbons (Fsp3) is 0.333. The number of nitrogens with one attached hydrogen (secondary N) is 1. The predicted molar refractivity (Wildman–Crippen MR) is 72.2 cm³/mol. The first kappa shape index (κ1) is 13.4. The van der Waals surface area contributed by atoms with Crippen LogP contribution in [0.3, 0.4) is 0 Å². The summed E-state index contributed by atoms with van der Waals surface area (Å²) in [7, 11) is 0. The lowest BCUT2D eigenvalue weighted by molar-refractivity contribution is -0.116. The van der Waals surface area contributed by atoms with E-state index >= 15 is 0 Å². The molecule has 19 heavy (non-hydrogen) atoms. The van der Waals surface area contributed by atoms with Crippen LogP contribution < -0.4 is 10.1 Å². The molecule has 100 valence electrons. The number of rotatable bonds is 6. The standard InChI is InChI=1S/C12H14N4O2S/c1-9-15-16-12(19-9)14-11(17)5-3-7-18-10-4-2-6-13-8-10/h2,4,6,8H,3,5,7H2,1H3,(H,14,16,17). The Hall–Kier alpha value is -2.02. The first-order valence-electron chi connectivity index (χ1n) is 5.87. The minimum Gasteiger partial charge on any atom is -0.492 e. The van der Waals surface area contributed by atoms with Crippen molar-refractivity contribution in [3.05, 3.63) is 29.5 Å². The highest BCUT2D eigenvalue weighted by Crippen LogP contribution is 2.14. The zero-order valence-corrected chi connectivity index (χ0v) is 11.3. The summed E-state index contributed by atoms with van der Waals surface area (Å²) in [6, 6.07) is 3.64. The van der Waals surface area contributed by atoms with Crippen molar-refractivity contribution in [2.24, 2.45) is 0 Å². The zero-order valence-electron chi connectivity index (χ0n) is 10.5. The fourth-order valence-corrected chi connectivity index (χ4v) is 1.99. The van der Waals surface area contributed by atoms with Crippen molar-refractivity contribution in [1.82, 2.24) is 15.2 Å². The van der Waals surface area contributed by atoms with Crippen LogP contribution in [-0.4, -0.2) is 27.7 Å². The second-order valence-corrected chi connectivity index (χ2v) is 5.00. The average Bonchev–Trinajstić information content (AvgIpc) is 2.81. The SMILES string of the molecule is Cc1nnc(NC(=O)CCCOc2cccnc2)s1. The van der Waals surface area contributed by atoms with E-state index in [0.29, 0.717) is 30.3 Å². The van der Waals surface area contributed by atoms with Crippen molar-refractivity contribution >= 4 is 22.4 Å². The maximum Gasteiger partial charge on any atom is 0.226 e. The smallest absolute Gasteiger partial charge is 0.226 e. The molecule has 6 nitrogen and oxygen atoms in total. The minimum absolute atomic E-state index is 0.0778. The van der Waals surface area contributed by atoms with Gasteiger partial charge in [-0.3, -0.25) is 9.78 Å². The molecule has 0 spiro atoms. The van der Waals surface area contributed by atoms with E-state index in [0.717, 1.165) is 5.01 Å². The average molecular weight is 278 g/mol. The summed E-state index contributed by atoms with van der Waals surface area (Å²) in [4.78, 5) is 15.5. The molecule has 0 saturated carbocycles. The number of carbonyl (C=O) groups excluding carboxylic acids is 1. The molecule has 0 radical (unpaired) electrons. The number of hydrogen-bond acceptors (Lipinski definition) is 6. The second-order valence-electron chi connectivity index (χ2n) is 3.82. The van der Waals surface area contributed by atoms with Crippen molar-refractivity contribution < 1.29 is 9.53 Å². The molecule has 0 saturated heterocycles. The van der Waals surface area contributed by atoms with Gasteiger partial charge in [0.25, 0.3) is 0 Å². The van der Waals surface area contributed by atoms with Gasteiger partial charge in [-0.25, -0.2) is 0 Å². The fourth-order valence-electron chi connectivity index (χ4n) is 1.38. The number of carbonyl (C=O) groups is 1. The van der Waals surface area contributed by atoms with Gasteiger partial charge in [0.2, 0.25) is 11.0 Å². The number of ether oxygens (including phenoxy) is 1. The molecule has 0 aromatic carbocycles. The van der Waals surface area contributed by atoms with Gasteiger partial charge in [-0.2, -0.15) is 0 Å². The zero-order chi connectivity index (χ0) is 13.5. The van der Waals surface area contributed by atoms with Crippen molar-refractivity contribution in [1.29, 1.82) is 0 Å². The molecule has 2 aromatic heterocycles. The van der Waals surface area contributed by atoms with E-state index in [1.165, 1.54) is 11.3 Å². The highest BCUT2D eigenvalue weighted by atomic mass is 32.1. The van der Waals surface area contributed by atoms with E-state index in [1.807, 2.05) is 13.0 Å². The summed E-state index contributed by atoms with van der Waals surface area (Å²) in [6.07, 6.45) is 4.35. The molecule has 2 heterocycles. The van der Waals surface area contributed by atoms with Crippen LogP contribution in [0.1, 0.15) is 17.8 Å². The van der Waals surface area contributed by atoms with Crippen molar-refractivity contribution in [2.45, 2.75) is 19.8 Å². The van der Waals surface area contributed by atoms with Crippen LogP contribution in [0.15, 0.2) is 24.5 Å². The molecule has 1 amide bonds. The summed E-state index contributed by atoms with van der Waals surface area (Å²) in [5, 5.41) is 11.7. The number of hydrogen-bond donors (Lipinski definition) is 1. The maximum absolute atomic E-state index is 11.6. The van der Waals surface area contributed by atoms with Crippen LogP contribution in [0.5, 0.6) is 5.75 Å². The number of amides is 1. The Morgan fingerprint density at radius 3 is 3.05 bits per heavy atom. The van der Waals surface area contributed by atoms with Crippen molar-refractivity contribution in [3.63, 3.8) is 0 Å². The molecule has 0 aliphatic heterocycles. The molecular formula is C12H14N4O2S. The summed E-state index contributed by atoms with van der Waals surface area (Å²) in [5.41, 5.74) is 0. The van der Waals surface area contributed by atoms with Crippen LogP contribution in [0, 0.1) is 6.92 Å². The van der Waals surface area contributed by atoms with E-state index in [9.17, 15) is 4.79 Å². The third kappa shape index (κ3) is 4.63. The molecule has 1 N–H and O–H groups in total. The topological polar surface area (TPSA) is 77.0 Å². The highest BCUT2D eigenvalue weighted by Gasteiger charge is 2.06. The van der Waals surface area contributed by atoms with E-state index in [1.54, 1.807) is 18.5 Å². The van der Waals surface area contributed by atoms with Gasteiger partial charge >= 0.3 is 0 Å². The number of aryl methyl sites for hydroxylation is 1. The summed E-state index contributed by atoms with van der Waals surface area (Å²) >= 11 is 1.36. The molecular weight excluding hydrogens is 264 g/mol. The van der Waals surface area contributed by atoms with Crippen LogP contribution in [-0.2, 0) is 4.79 Å². The Labute approximate surface area is 114 Å². The molecule has 0 aliphatic rings. The van der Waals surface area contributed by atoms with Crippen LogP contribution in [0.4, 0.5) is 5.13 Å². The number of aromatic nitrogens is 3. The monoisotopic (exact) mass is 278 g/mol. The largest absolute Gasteiger partial charge is 0.492 e. The van der Waals surface area contributed by atoms with Crippen LogP contribution in [0.2, 0.25) is 0 Å². The number of pyridine rings is 1. The molecule has 7 heteroatoms. The van der Waals surface area contributed by atoms with Crippen LogP contribution in [0.25, 0.3) is 0 Å². The first-order chi connectivity index (χ1) is 9.24. The molecule has 0 aliphatic carbocycles. The third-order valence-electron chi connectivity index (χ3n) is 2.22. The predicted octanol–water partition coefficient (Wildman–Crippen LogP) is 2.04. The van der Waals surface area contributed by atoms with Gasteiger partial charge in [-0.05, 0) is 25.5 Å². The lowest BCUT2D eigenvalue weighted by Crippen LogP contribution is -2.12. The first-order valence-corrected chi connectivity index (χ1v) is 6.68. The lowest BCUT2D eigenvalue weighted by Gasteiger charge is -2.04. The summed E-state index contributed by atoms with van der Waals surface area (Å²) in [6.45, 7) is 2.32. The van der Waals surface area contributed by atoms with Gasteiger partial charge in [0.15, 0.2) is 0 Å². The molecule has 0 unspecified atom stereocenters. The van der Waals surface area contributed by atoms with Gasteiger partial charge in [0.1, 0.15) is 10.8 Å². The second kappa shape index (κ2) is 6.79. The van der Waals surface area contributed by atoms with Gasteiger partial charge in [0.05, 0.1) is 12.8 Å². The van der Waals surface area contributed by atoms with E-state index in [4.69, 9.17) is 4.74 Å². The van der Waals surface area contributed by atoms with E-state index in [2.05, 4.69) is 20.5 Å². The molecule has 2 rings (SSSR count). The quantitative estimate of drug-likeness (QED) is 0.818. The van der Waals surface area contributed by atoms with E-state index < -0.39 is 0 Å². The van der Waals surface area contributed by atoms with Crippen LogP contribution >= 0.6 is 11.3 Å². The van der Waals surface area contributed by atoms with Gasteiger partial charge in [-0.15, -0.1) is 10.2 Å². The van der Waals surface area contributed by atoms with Crippen molar-refractivity contribution in [3.8, 4) is 5.75 Å². The van der Waals surface area contributed by atoms with Gasteiger partial charge < -0.3 is 10.1 Å². The Kier molecular flexibility index (Phi) is 4.79. The Morgan fingerprint density at radius 2 is 2.37 bits per heavy atom. The van der Waals surface area contributed by atoms with E-state index in [-0.39, 0.29) is 5.91 Å². The third-order valence-corrected chi connectivity index (χ3v) is 2.98. The Morgan fingerprint density at radius 1 is 1.47 bits per heavy atom. The Balaban J connectivity index is 1.64. The minimum atomic E-state index is -0.0778. The summed E-state index contributed by atoms with van der Waals surface area (Å²) < 4.78 is 5.44. The highest BCUT2D eigenvalue weighted by molar-refractivity contribution is 7.15. The van der Waals surface area contributed by atoms with Gasteiger partial charge in [-0.1, -0.05) is 11.3 Å². The molecule has 0 fully saturated rings. The molecule has 0 atom stereocenters.